The van der Waals surface area contributed by atoms with Gasteiger partial charge in [0.05, 0.1) is 18.4 Å². The predicted octanol–water partition coefficient (Wildman–Crippen LogP) is 2.97. The van der Waals surface area contributed by atoms with E-state index in [1.54, 1.807) is 36.4 Å². The normalized spacial score (nSPS) is 10.9. The summed E-state index contributed by atoms with van der Waals surface area (Å²) >= 11 is 6.00. The highest BCUT2D eigenvalue weighted by Gasteiger charge is 2.10. The number of hydrogen-bond donors (Lipinski definition) is 2. The van der Waals surface area contributed by atoms with Gasteiger partial charge in [-0.3, -0.25) is 9.52 Å². The number of rotatable bonds is 5. The van der Waals surface area contributed by atoms with Gasteiger partial charge in [0.2, 0.25) is 10.0 Å². The maximum Gasteiger partial charge on any atom is 0.255 e. The van der Waals surface area contributed by atoms with Crippen LogP contribution >= 0.6 is 11.6 Å². The Labute approximate surface area is 139 Å². The highest BCUT2D eigenvalue weighted by Crippen LogP contribution is 2.27. The SMILES string of the molecule is COc1ccc(NC(=O)c2cccc(NS(C)(=O)=O)c2)cc1Cl. The number of anilines is 2. The molecule has 8 heteroatoms. The lowest BCUT2D eigenvalue weighted by Gasteiger charge is -2.09. The summed E-state index contributed by atoms with van der Waals surface area (Å²) < 4.78 is 29.8. The van der Waals surface area contributed by atoms with Crippen molar-refractivity contribution in [3.05, 3.63) is 53.1 Å². The van der Waals surface area contributed by atoms with Gasteiger partial charge in [-0.05, 0) is 36.4 Å². The molecule has 0 heterocycles. The third-order valence-corrected chi connectivity index (χ3v) is 3.74. The van der Waals surface area contributed by atoms with Crippen molar-refractivity contribution in [3.63, 3.8) is 0 Å². The van der Waals surface area contributed by atoms with Crippen LogP contribution in [0.3, 0.4) is 0 Å². The Morgan fingerprint density at radius 2 is 1.87 bits per heavy atom. The number of carbonyl (C=O) groups excluding carboxylic acids is 1. The van der Waals surface area contributed by atoms with Crippen LogP contribution in [0, 0.1) is 0 Å². The molecule has 23 heavy (non-hydrogen) atoms. The van der Waals surface area contributed by atoms with E-state index in [2.05, 4.69) is 10.0 Å². The number of hydrogen-bond acceptors (Lipinski definition) is 4. The molecular weight excluding hydrogens is 340 g/mol. The fraction of sp³-hybridized carbons (Fsp3) is 0.133. The van der Waals surface area contributed by atoms with E-state index in [1.165, 1.54) is 13.2 Å². The van der Waals surface area contributed by atoms with Gasteiger partial charge < -0.3 is 10.1 Å². The Bertz CT molecular complexity index is 837. The second kappa shape index (κ2) is 6.89. The van der Waals surface area contributed by atoms with E-state index in [0.717, 1.165) is 6.26 Å². The number of methoxy groups -OCH3 is 1. The molecule has 0 unspecified atom stereocenters. The lowest BCUT2D eigenvalue weighted by molar-refractivity contribution is 0.102. The van der Waals surface area contributed by atoms with E-state index in [9.17, 15) is 13.2 Å². The summed E-state index contributed by atoms with van der Waals surface area (Å²) in [7, 11) is -1.91. The summed E-state index contributed by atoms with van der Waals surface area (Å²) in [6.07, 6.45) is 1.04. The molecule has 0 radical (unpaired) electrons. The van der Waals surface area contributed by atoms with Gasteiger partial charge >= 0.3 is 0 Å². The molecule has 1 amide bonds. The summed E-state index contributed by atoms with van der Waals surface area (Å²) in [5, 5.41) is 3.06. The van der Waals surface area contributed by atoms with Gasteiger partial charge in [-0.25, -0.2) is 8.42 Å². The van der Waals surface area contributed by atoms with Crippen LogP contribution in [0.5, 0.6) is 5.75 Å². The van der Waals surface area contributed by atoms with Crippen molar-refractivity contribution in [3.8, 4) is 5.75 Å². The van der Waals surface area contributed by atoms with E-state index >= 15 is 0 Å². The predicted molar refractivity (Wildman–Crippen MR) is 90.9 cm³/mol. The minimum Gasteiger partial charge on any atom is -0.495 e. The molecule has 0 aromatic heterocycles. The van der Waals surface area contributed by atoms with Gasteiger partial charge in [-0.1, -0.05) is 17.7 Å². The van der Waals surface area contributed by atoms with Gasteiger partial charge in [0.15, 0.2) is 0 Å². The minimum absolute atomic E-state index is 0.311. The number of benzene rings is 2. The molecule has 0 saturated heterocycles. The molecule has 0 aliphatic heterocycles. The van der Waals surface area contributed by atoms with Crippen LogP contribution in [0.2, 0.25) is 5.02 Å². The fourth-order valence-corrected chi connectivity index (χ4v) is 2.70. The Morgan fingerprint density at radius 3 is 2.48 bits per heavy atom. The summed E-state index contributed by atoms with van der Waals surface area (Å²) in [6, 6.07) is 11.0. The van der Waals surface area contributed by atoms with Gasteiger partial charge in [-0.2, -0.15) is 0 Å². The summed E-state index contributed by atoms with van der Waals surface area (Å²) in [5.74, 6) is 0.118. The first kappa shape index (κ1) is 17.1. The largest absolute Gasteiger partial charge is 0.495 e. The molecule has 2 aromatic rings. The van der Waals surface area contributed by atoms with Crippen molar-refractivity contribution in [2.75, 3.05) is 23.4 Å². The molecule has 2 rings (SSSR count). The molecule has 0 aliphatic carbocycles. The Morgan fingerprint density at radius 1 is 1.13 bits per heavy atom. The number of carbonyl (C=O) groups is 1. The first-order valence-corrected chi connectivity index (χ1v) is 8.78. The van der Waals surface area contributed by atoms with Crippen LogP contribution in [0.4, 0.5) is 11.4 Å². The third kappa shape index (κ3) is 4.87. The second-order valence-corrected chi connectivity index (χ2v) is 6.91. The number of nitrogens with one attached hydrogen (secondary N) is 2. The van der Waals surface area contributed by atoms with Crippen molar-refractivity contribution in [2.24, 2.45) is 0 Å². The first-order chi connectivity index (χ1) is 10.8. The van der Waals surface area contributed by atoms with E-state index in [-0.39, 0.29) is 5.91 Å². The third-order valence-electron chi connectivity index (χ3n) is 2.84. The highest BCUT2D eigenvalue weighted by atomic mass is 35.5. The summed E-state index contributed by atoms with van der Waals surface area (Å²) in [6.45, 7) is 0. The molecule has 0 atom stereocenters. The summed E-state index contributed by atoms with van der Waals surface area (Å²) in [4.78, 5) is 12.2. The second-order valence-electron chi connectivity index (χ2n) is 4.76. The van der Waals surface area contributed by atoms with E-state index in [1.807, 2.05) is 0 Å². The number of amides is 1. The number of ether oxygens (including phenoxy) is 1. The Kier molecular flexibility index (Phi) is 5.12. The zero-order valence-corrected chi connectivity index (χ0v) is 14.0. The smallest absolute Gasteiger partial charge is 0.255 e. The quantitative estimate of drug-likeness (QED) is 0.864. The average Bonchev–Trinajstić information content (AvgIpc) is 2.46. The van der Waals surface area contributed by atoms with Crippen LogP contribution in [0.15, 0.2) is 42.5 Å². The molecule has 2 N–H and O–H groups in total. The molecule has 122 valence electrons. The minimum atomic E-state index is -3.40. The molecule has 0 saturated carbocycles. The van der Waals surface area contributed by atoms with E-state index in [4.69, 9.17) is 16.3 Å². The Balaban J connectivity index is 2.18. The number of halogens is 1. The van der Waals surface area contributed by atoms with Crippen molar-refractivity contribution >= 4 is 38.9 Å². The summed E-state index contributed by atoms with van der Waals surface area (Å²) in [5.41, 5.74) is 1.13. The van der Waals surface area contributed by atoms with Gasteiger partial charge in [0.25, 0.3) is 5.91 Å². The van der Waals surface area contributed by atoms with Gasteiger partial charge in [-0.15, -0.1) is 0 Å². The number of sulfonamides is 1. The Hall–Kier alpha value is -2.25. The molecule has 0 bridgehead atoms. The van der Waals surface area contributed by atoms with Crippen LogP contribution < -0.4 is 14.8 Å². The first-order valence-electron chi connectivity index (χ1n) is 6.51. The zero-order chi connectivity index (χ0) is 17.0. The van der Waals surface area contributed by atoms with Gasteiger partial charge in [0, 0.05) is 16.9 Å². The maximum atomic E-state index is 12.2. The lowest BCUT2D eigenvalue weighted by Crippen LogP contribution is -2.14. The van der Waals surface area contributed by atoms with Crippen molar-refractivity contribution in [1.29, 1.82) is 0 Å². The average molecular weight is 355 g/mol. The van der Waals surface area contributed by atoms with Crippen LogP contribution in [0.1, 0.15) is 10.4 Å². The van der Waals surface area contributed by atoms with Crippen LogP contribution in [-0.4, -0.2) is 27.7 Å². The van der Waals surface area contributed by atoms with E-state index in [0.29, 0.717) is 27.7 Å². The topological polar surface area (TPSA) is 84.5 Å². The highest BCUT2D eigenvalue weighted by molar-refractivity contribution is 7.92. The molecule has 6 nitrogen and oxygen atoms in total. The maximum absolute atomic E-state index is 12.2. The monoisotopic (exact) mass is 354 g/mol. The molecule has 0 fully saturated rings. The lowest BCUT2D eigenvalue weighted by atomic mass is 10.2. The van der Waals surface area contributed by atoms with Gasteiger partial charge in [0.1, 0.15) is 5.75 Å². The van der Waals surface area contributed by atoms with Crippen molar-refractivity contribution < 1.29 is 17.9 Å². The molecule has 0 aliphatic rings. The van der Waals surface area contributed by atoms with Crippen molar-refractivity contribution in [2.45, 2.75) is 0 Å². The fourth-order valence-electron chi connectivity index (χ4n) is 1.89. The molecular formula is C15H15ClN2O4S. The van der Waals surface area contributed by atoms with Crippen molar-refractivity contribution in [1.82, 2.24) is 0 Å². The molecule has 2 aromatic carbocycles. The van der Waals surface area contributed by atoms with Crippen LogP contribution in [-0.2, 0) is 10.0 Å². The molecule has 0 spiro atoms. The van der Waals surface area contributed by atoms with E-state index < -0.39 is 10.0 Å². The standard InChI is InChI=1S/C15H15ClN2O4S/c1-22-14-7-6-11(9-13(14)16)17-15(19)10-4-3-5-12(8-10)18-23(2,20)21/h3-9,18H,1-2H3,(H,17,19). The van der Waals surface area contributed by atoms with Crippen LogP contribution in [0.25, 0.3) is 0 Å². The zero-order valence-electron chi connectivity index (χ0n) is 12.5.